The maximum absolute atomic E-state index is 12.6. The second kappa shape index (κ2) is 6.95. The van der Waals surface area contributed by atoms with Crippen LogP contribution in [-0.4, -0.2) is 16.2 Å². The van der Waals surface area contributed by atoms with Crippen LogP contribution in [0.4, 0.5) is 13.2 Å². The van der Waals surface area contributed by atoms with Gasteiger partial charge >= 0.3 is 6.18 Å². The van der Waals surface area contributed by atoms with Crippen LogP contribution >= 0.6 is 0 Å². The number of benzene rings is 2. The van der Waals surface area contributed by atoms with Gasteiger partial charge in [-0.25, -0.2) is 4.98 Å². The number of hydrogen-bond acceptors (Lipinski definition) is 2. The summed E-state index contributed by atoms with van der Waals surface area (Å²) >= 11 is 0. The van der Waals surface area contributed by atoms with E-state index in [4.69, 9.17) is 4.74 Å². The Balaban J connectivity index is 1.48. The van der Waals surface area contributed by atoms with Gasteiger partial charge in [0.15, 0.2) is 0 Å². The van der Waals surface area contributed by atoms with Crippen LogP contribution in [0.2, 0.25) is 0 Å². The Labute approximate surface area is 137 Å². The first-order chi connectivity index (χ1) is 11.5. The number of imidazole rings is 1. The van der Waals surface area contributed by atoms with Gasteiger partial charge < -0.3 is 9.30 Å². The third kappa shape index (κ3) is 3.88. The zero-order valence-electron chi connectivity index (χ0n) is 13.0. The molecule has 0 spiro atoms. The highest BCUT2D eigenvalue weighted by molar-refractivity contribution is 5.74. The van der Waals surface area contributed by atoms with Crippen molar-refractivity contribution in [2.45, 2.75) is 25.6 Å². The molecular formula is C18H17F3N2O. The van der Waals surface area contributed by atoms with Crippen LogP contribution in [-0.2, 0) is 12.7 Å². The highest BCUT2D eigenvalue weighted by atomic mass is 19.4. The van der Waals surface area contributed by atoms with Crippen molar-refractivity contribution < 1.29 is 17.9 Å². The quantitative estimate of drug-likeness (QED) is 0.599. The van der Waals surface area contributed by atoms with Crippen LogP contribution in [0.15, 0.2) is 54.9 Å². The standard InChI is InChI=1S/C18H17F3N2O/c19-18(20,21)14-6-5-7-15(12-14)24-11-4-3-10-23-13-22-16-8-1-2-9-17(16)23/h1-2,5-9,12-13H,3-4,10-11H2. The molecule has 0 aliphatic rings. The maximum atomic E-state index is 12.6. The summed E-state index contributed by atoms with van der Waals surface area (Å²) in [5.74, 6) is 0.248. The Morgan fingerprint density at radius 1 is 1.00 bits per heavy atom. The number of aryl methyl sites for hydroxylation is 1. The highest BCUT2D eigenvalue weighted by Crippen LogP contribution is 2.31. The Bertz CT molecular complexity index is 811. The molecule has 0 N–H and O–H groups in total. The van der Waals surface area contributed by atoms with Crippen molar-refractivity contribution in [3.63, 3.8) is 0 Å². The molecule has 1 aromatic heterocycles. The number of halogens is 3. The molecular weight excluding hydrogens is 317 g/mol. The number of fused-ring (bicyclic) bond motifs is 1. The molecule has 0 atom stereocenters. The number of hydrogen-bond donors (Lipinski definition) is 0. The van der Waals surface area contributed by atoms with Gasteiger partial charge in [0.25, 0.3) is 0 Å². The molecule has 0 aliphatic heterocycles. The number of ether oxygens (including phenoxy) is 1. The van der Waals surface area contributed by atoms with Crippen molar-refractivity contribution in [2.75, 3.05) is 6.61 Å². The minimum Gasteiger partial charge on any atom is -0.494 e. The highest BCUT2D eigenvalue weighted by Gasteiger charge is 2.30. The lowest BCUT2D eigenvalue weighted by molar-refractivity contribution is -0.137. The van der Waals surface area contributed by atoms with E-state index < -0.39 is 11.7 Å². The Morgan fingerprint density at radius 2 is 1.83 bits per heavy atom. The van der Waals surface area contributed by atoms with Gasteiger partial charge in [-0.1, -0.05) is 18.2 Å². The summed E-state index contributed by atoms with van der Waals surface area (Å²) in [4.78, 5) is 4.32. The predicted molar refractivity (Wildman–Crippen MR) is 85.9 cm³/mol. The van der Waals surface area contributed by atoms with E-state index in [0.717, 1.165) is 42.6 Å². The molecule has 0 aliphatic carbocycles. The number of alkyl halides is 3. The van der Waals surface area contributed by atoms with Crippen LogP contribution in [0.25, 0.3) is 11.0 Å². The van der Waals surface area contributed by atoms with Crippen LogP contribution in [0, 0.1) is 0 Å². The van der Waals surface area contributed by atoms with E-state index in [0.29, 0.717) is 6.61 Å². The monoisotopic (exact) mass is 334 g/mol. The van der Waals surface area contributed by atoms with E-state index in [2.05, 4.69) is 9.55 Å². The molecule has 6 heteroatoms. The van der Waals surface area contributed by atoms with E-state index in [9.17, 15) is 13.2 Å². The fourth-order valence-corrected chi connectivity index (χ4v) is 2.52. The van der Waals surface area contributed by atoms with Gasteiger partial charge in [0.05, 0.1) is 29.5 Å². The van der Waals surface area contributed by atoms with Gasteiger partial charge in [-0.05, 0) is 43.2 Å². The van der Waals surface area contributed by atoms with E-state index in [1.54, 1.807) is 12.4 Å². The third-order valence-electron chi connectivity index (χ3n) is 3.75. The van der Waals surface area contributed by atoms with Gasteiger partial charge in [0.1, 0.15) is 5.75 Å². The molecule has 24 heavy (non-hydrogen) atoms. The molecule has 2 aromatic carbocycles. The third-order valence-corrected chi connectivity index (χ3v) is 3.75. The summed E-state index contributed by atoms with van der Waals surface area (Å²) < 4.78 is 45.4. The lowest BCUT2D eigenvalue weighted by Gasteiger charge is -2.10. The van der Waals surface area contributed by atoms with Gasteiger partial charge in [-0.3, -0.25) is 0 Å². The normalized spacial score (nSPS) is 11.8. The molecule has 0 radical (unpaired) electrons. The van der Waals surface area contributed by atoms with E-state index >= 15 is 0 Å². The molecule has 0 unspecified atom stereocenters. The molecule has 0 bridgehead atoms. The summed E-state index contributed by atoms with van der Waals surface area (Å²) in [6, 6.07) is 12.9. The minimum absolute atomic E-state index is 0.248. The topological polar surface area (TPSA) is 27.1 Å². The smallest absolute Gasteiger partial charge is 0.416 e. The van der Waals surface area contributed by atoms with Gasteiger partial charge in [0, 0.05) is 6.54 Å². The zero-order chi connectivity index (χ0) is 17.0. The summed E-state index contributed by atoms with van der Waals surface area (Å²) in [5, 5.41) is 0. The maximum Gasteiger partial charge on any atom is 0.416 e. The van der Waals surface area contributed by atoms with Crippen LogP contribution in [0.5, 0.6) is 5.75 Å². The second-order valence-corrected chi connectivity index (χ2v) is 5.51. The number of unbranched alkanes of at least 4 members (excludes halogenated alkanes) is 1. The molecule has 126 valence electrons. The van der Waals surface area contributed by atoms with Gasteiger partial charge in [-0.2, -0.15) is 13.2 Å². The van der Waals surface area contributed by atoms with Crippen LogP contribution in [0.1, 0.15) is 18.4 Å². The van der Waals surface area contributed by atoms with Crippen molar-refractivity contribution in [1.29, 1.82) is 0 Å². The van der Waals surface area contributed by atoms with Crippen LogP contribution in [0.3, 0.4) is 0 Å². The van der Waals surface area contributed by atoms with Crippen molar-refractivity contribution in [3.8, 4) is 5.75 Å². The molecule has 0 amide bonds. The molecule has 0 saturated heterocycles. The Kier molecular flexibility index (Phi) is 4.74. The molecule has 3 aromatic rings. The number of para-hydroxylation sites is 2. The van der Waals surface area contributed by atoms with Crippen molar-refractivity contribution in [1.82, 2.24) is 9.55 Å². The molecule has 0 saturated carbocycles. The lowest BCUT2D eigenvalue weighted by atomic mass is 10.2. The van der Waals surface area contributed by atoms with E-state index in [-0.39, 0.29) is 5.75 Å². The number of nitrogens with zero attached hydrogens (tertiary/aromatic N) is 2. The first-order valence-corrected chi connectivity index (χ1v) is 7.74. The lowest BCUT2D eigenvalue weighted by Crippen LogP contribution is -2.06. The van der Waals surface area contributed by atoms with E-state index in [1.165, 1.54) is 6.07 Å². The van der Waals surface area contributed by atoms with Gasteiger partial charge in [0.2, 0.25) is 0 Å². The Hall–Kier alpha value is -2.50. The SMILES string of the molecule is FC(F)(F)c1cccc(OCCCCn2cnc3ccccc32)c1. The summed E-state index contributed by atoms with van der Waals surface area (Å²) in [5.41, 5.74) is 1.35. The van der Waals surface area contributed by atoms with Crippen molar-refractivity contribution in [3.05, 3.63) is 60.4 Å². The molecule has 3 nitrogen and oxygen atoms in total. The number of rotatable bonds is 6. The molecule has 3 rings (SSSR count). The van der Waals surface area contributed by atoms with Crippen LogP contribution < -0.4 is 4.74 Å². The summed E-state index contributed by atoms with van der Waals surface area (Å²) in [6.45, 7) is 1.18. The largest absolute Gasteiger partial charge is 0.494 e. The zero-order valence-corrected chi connectivity index (χ0v) is 13.0. The first kappa shape index (κ1) is 16.4. The summed E-state index contributed by atoms with van der Waals surface area (Å²) in [6.07, 6.45) is -0.928. The average Bonchev–Trinajstić information content (AvgIpc) is 2.97. The van der Waals surface area contributed by atoms with Crippen molar-refractivity contribution >= 4 is 11.0 Å². The summed E-state index contributed by atoms with van der Waals surface area (Å²) in [7, 11) is 0. The fourth-order valence-electron chi connectivity index (χ4n) is 2.52. The fraction of sp³-hybridized carbons (Fsp3) is 0.278. The Morgan fingerprint density at radius 3 is 2.67 bits per heavy atom. The first-order valence-electron chi connectivity index (χ1n) is 7.74. The molecule has 1 heterocycles. The van der Waals surface area contributed by atoms with Crippen molar-refractivity contribution in [2.24, 2.45) is 0 Å². The average molecular weight is 334 g/mol. The minimum atomic E-state index is -4.35. The molecule has 0 fully saturated rings. The van der Waals surface area contributed by atoms with Gasteiger partial charge in [-0.15, -0.1) is 0 Å². The number of aromatic nitrogens is 2. The van der Waals surface area contributed by atoms with E-state index in [1.807, 2.05) is 24.3 Å². The second-order valence-electron chi connectivity index (χ2n) is 5.51. The predicted octanol–water partition coefficient (Wildman–Crippen LogP) is 4.91.